The van der Waals surface area contributed by atoms with Gasteiger partial charge in [0.2, 0.25) is 5.91 Å². The van der Waals surface area contributed by atoms with E-state index in [1.807, 2.05) is 24.3 Å². The van der Waals surface area contributed by atoms with Crippen molar-refractivity contribution in [2.24, 2.45) is 0 Å². The van der Waals surface area contributed by atoms with Gasteiger partial charge in [0.05, 0.1) is 0 Å². The molecule has 0 spiro atoms. The van der Waals surface area contributed by atoms with E-state index in [1.54, 1.807) is 6.92 Å². The smallest absolute Gasteiger partial charge is 0.216 e. The van der Waals surface area contributed by atoms with Gasteiger partial charge in [0.15, 0.2) is 0 Å². The van der Waals surface area contributed by atoms with Crippen LogP contribution < -0.4 is 15.4 Å². The van der Waals surface area contributed by atoms with Crippen LogP contribution in [0.3, 0.4) is 0 Å². The molecule has 120 valence electrons. The number of anilines is 1. The summed E-state index contributed by atoms with van der Waals surface area (Å²) in [6.45, 7) is 3.74. The number of fused-ring (bicyclic) bond motifs is 1. The average Bonchev–Trinajstić information content (AvgIpc) is 2.96. The number of carbonyl (C=O) groups excluding carboxylic acids is 1. The van der Waals surface area contributed by atoms with Gasteiger partial charge in [0.25, 0.3) is 0 Å². The van der Waals surface area contributed by atoms with Gasteiger partial charge < -0.3 is 15.4 Å². The Labute approximate surface area is 136 Å². The first kappa shape index (κ1) is 15.4. The van der Waals surface area contributed by atoms with E-state index in [4.69, 9.17) is 4.74 Å². The SMILES string of the molecule is CC(=O)NCCC1CNc2ccc(OCc3ccccc3)cc21. The third-order valence-electron chi connectivity index (χ3n) is 4.12. The Morgan fingerprint density at radius 2 is 2.09 bits per heavy atom. The van der Waals surface area contributed by atoms with Gasteiger partial charge in [-0.15, -0.1) is 0 Å². The molecule has 0 saturated carbocycles. The van der Waals surface area contributed by atoms with Crippen molar-refractivity contribution < 1.29 is 9.53 Å². The molecule has 1 aliphatic heterocycles. The highest BCUT2D eigenvalue weighted by Gasteiger charge is 2.22. The van der Waals surface area contributed by atoms with Crippen molar-refractivity contribution in [2.75, 3.05) is 18.4 Å². The standard InChI is InChI=1S/C19H22N2O2/c1-14(22)20-10-9-16-12-21-19-8-7-17(11-18(16)19)23-13-15-5-3-2-4-6-15/h2-8,11,16,21H,9-10,12-13H2,1H3,(H,20,22). The van der Waals surface area contributed by atoms with Crippen molar-refractivity contribution in [3.05, 3.63) is 59.7 Å². The molecule has 1 aliphatic rings. The van der Waals surface area contributed by atoms with Crippen molar-refractivity contribution in [3.63, 3.8) is 0 Å². The topological polar surface area (TPSA) is 50.4 Å². The fourth-order valence-corrected chi connectivity index (χ4v) is 2.89. The summed E-state index contributed by atoms with van der Waals surface area (Å²) in [5.74, 6) is 1.33. The lowest BCUT2D eigenvalue weighted by molar-refractivity contribution is -0.118. The minimum atomic E-state index is 0.0242. The Kier molecular flexibility index (Phi) is 4.81. The molecule has 1 amide bonds. The van der Waals surface area contributed by atoms with E-state index >= 15 is 0 Å². The predicted octanol–water partition coefficient (Wildman–Crippen LogP) is 3.30. The summed E-state index contributed by atoms with van der Waals surface area (Å²) < 4.78 is 5.91. The van der Waals surface area contributed by atoms with Gasteiger partial charge in [-0.1, -0.05) is 30.3 Å². The molecule has 0 radical (unpaired) electrons. The van der Waals surface area contributed by atoms with Crippen LogP contribution in [0, 0.1) is 0 Å². The molecule has 0 aliphatic carbocycles. The number of benzene rings is 2. The molecule has 2 aromatic rings. The molecule has 4 heteroatoms. The first-order valence-corrected chi connectivity index (χ1v) is 8.01. The summed E-state index contributed by atoms with van der Waals surface area (Å²) in [7, 11) is 0. The minimum absolute atomic E-state index is 0.0242. The maximum Gasteiger partial charge on any atom is 0.216 e. The zero-order valence-electron chi connectivity index (χ0n) is 13.3. The van der Waals surface area contributed by atoms with Crippen LogP contribution in [0.15, 0.2) is 48.5 Å². The van der Waals surface area contributed by atoms with E-state index in [0.717, 1.165) is 24.3 Å². The second-order valence-corrected chi connectivity index (χ2v) is 5.87. The number of ether oxygens (including phenoxy) is 1. The highest BCUT2D eigenvalue weighted by atomic mass is 16.5. The Hall–Kier alpha value is -2.49. The Bertz CT molecular complexity index is 670. The summed E-state index contributed by atoms with van der Waals surface area (Å²) in [5, 5.41) is 6.29. The summed E-state index contributed by atoms with van der Waals surface area (Å²) in [6.07, 6.45) is 0.932. The molecule has 3 rings (SSSR count). The van der Waals surface area contributed by atoms with Crippen LogP contribution in [0.1, 0.15) is 30.4 Å². The third kappa shape index (κ3) is 4.03. The van der Waals surface area contributed by atoms with Crippen molar-refractivity contribution in [2.45, 2.75) is 25.9 Å². The van der Waals surface area contributed by atoms with Crippen molar-refractivity contribution in [1.29, 1.82) is 0 Å². The minimum Gasteiger partial charge on any atom is -0.489 e. The van der Waals surface area contributed by atoms with E-state index in [0.29, 0.717) is 19.1 Å². The van der Waals surface area contributed by atoms with E-state index < -0.39 is 0 Å². The van der Waals surface area contributed by atoms with Crippen LogP contribution in [0.5, 0.6) is 5.75 Å². The highest BCUT2D eigenvalue weighted by Crippen LogP contribution is 2.36. The van der Waals surface area contributed by atoms with Gasteiger partial charge in [-0.2, -0.15) is 0 Å². The summed E-state index contributed by atoms with van der Waals surface area (Å²) in [6, 6.07) is 16.4. The average molecular weight is 310 g/mol. The lowest BCUT2D eigenvalue weighted by Crippen LogP contribution is -2.22. The normalized spacial score (nSPS) is 15.6. The Morgan fingerprint density at radius 1 is 1.26 bits per heavy atom. The molecule has 1 atom stereocenters. The van der Waals surface area contributed by atoms with Crippen LogP contribution in [0.4, 0.5) is 5.69 Å². The van der Waals surface area contributed by atoms with Gasteiger partial charge in [-0.3, -0.25) is 4.79 Å². The zero-order valence-corrected chi connectivity index (χ0v) is 13.3. The van der Waals surface area contributed by atoms with Crippen LogP contribution in [0.25, 0.3) is 0 Å². The summed E-state index contributed by atoms with van der Waals surface area (Å²) >= 11 is 0. The van der Waals surface area contributed by atoms with Crippen LogP contribution >= 0.6 is 0 Å². The van der Waals surface area contributed by atoms with Gasteiger partial charge in [0, 0.05) is 31.6 Å². The van der Waals surface area contributed by atoms with Crippen LogP contribution in [0.2, 0.25) is 0 Å². The van der Waals surface area contributed by atoms with Gasteiger partial charge in [0.1, 0.15) is 12.4 Å². The zero-order chi connectivity index (χ0) is 16.1. The number of carbonyl (C=O) groups is 1. The first-order chi connectivity index (χ1) is 11.2. The molecule has 1 heterocycles. The Morgan fingerprint density at radius 3 is 2.87 bits per heavy atom. The monoisotopic (exact) mass is 310 g/mol. The molecular weight excluding hydrogens is 288 g/mol. The molecule has 0 aromatic heterocycles. The van der Waals surface area contributed by atoms with Gasteiger partial charge in [-0.05, 0) is 35.7 Å². The van der Waals surface area contributed by atoms with Gasteiger partial charge in [-0.25, -0.2) is 0 Å². The number of amides is 1. The molecule has 1 unspecified atom stereocenters. The van der Waals surface area contributed by atoms with Crippen molar-refractivity contribution in [3.8, 4) is 5.75 Å². The highest BCUT2D eigenvalue weighted by molar-refractivity contribution is 5.72. The maximum atomic E-state index is 11.0. The van der Waals surface area contributed by atoms with Crippen molar-refractivity contribution in [1.82, 2.24) is 5.32 Å². The third-order valence-corrected chi connectivity index (χ3v) is 4.12. The second kappa shape index (κ2) is 7.18. The number of hydrogen-bond donors (Lipinski definition) is 2. The number of nitrogens with one attached hydrogen (secondary N) is 2. The largest absolute Gasteiger partial charge is 0.489 e. The molecule has 0 bridgehead atoms. The van der Waals surface area contributed by atoms with Gasteiger partial charge >= 0.3 is 0 Å². The number of hydrogen-bond acceptors (Lipinski definition) is 3. The summed E-state index contributed by atoms with van der Waals surface area (Å²) in [4.78, 5) is 11.0. The molecule has 2 aromatic carbocycles. The fourth-order valence-electron chi connectivity index (χ4n) is 2.89. The first-order valence-electron chi connectivity index (χ1n) is 8.01. The lowest BCUT2D eigenvalue weighted by Gasteiger charge is -2.12. The molecule has 0 saturated heterocycles. The predicted molar refractivity (Wildman–Crippen MR) is 91.7 cm³/mol. The molecular formula is C19H22N2O2. The molecule has 0 fully saturated rings. The number of rotatable bonds is 6. The van der Waals surface area contributed by atoms with E-state index in [-0.39, 0.29) is 5.91 Å². The second-order valence-electron chi connectivity index (χ2n) is 5.87. The maximum absolute atomic E-state index is 11.0. The summed E-state index contributed by atoms with van der Waals surface area (Å²) in [5.41, 5.74) is 3.61. The van der Waals surface area contributed by atoms with E-state index in [9.17, 15) is 4.79 Å². The quantitative estimate of drug-likeness (QED) is 0.860. The molecule has 2 N–H and O–H groups in total. The van der Waals surface area contributed by atoms with E-state index in [2.05, 4.69) is 34.9 Å². The molecule has 4 nitrogen and oxygen atoms in total. The van der Waals surface area contributed by atoms with Crippen LogP contribution in [-0.4, -0.2) is 19.0 Å². The Balaban J connectivity index is 1.62. The fraction of sp³-hybridized carbons (Fsp3) is 0.316. The molecule has 23 heavy (non-hydrogen) atoms. The van der Waals surface area contributed by atoms with Crippen LogP contribution in [-0.2, 0) is 11.4 Å². The van der Waals surface area contributed by atoms with E-state index in [1.165, 1.54) is 11.3 Å². The lowest BCUT2D eigenvalue weighted by atomic mass is 9.97. The van der Waals surface area contributed by atoms with Crippen molar-refractivity contribution >= 4 is 11.6 Å².